The highest BCUT2D eigenvalue weighted by Gasteiger charge is 2.10. The number of hydrogen-bond acceptors (Lipinski definition) is 2. The minimum absolute atomic E-state index is 0.0439. The smallest absolute Gasteiger partial charge is 0.251 e. The van der Waals surface area contributed by atoms with E-state index in [4.69, 9.17) is 0 Å². The molecule has 2 aromatic rings. The molecule has 0 saturated carbocycles. The summed E-state index contributed by atoms with van der Waals surface area (Å²) in [6, 6.07) is 11.4. The molecule has 0 saturated heterocycles. The van der Waals surface area contributed by atoms with Crippen LogP contribution in [0.1, 0.15) is 35.3 Å². The van der Waals surface area contributed by atoms with Crippen molar-refractivity contribution >= 4 is 17.5 Å². The van der Waals surface area contributed by atoms with Gasteiger partial charge in [0.25, 0.3) is 5.91 Å². The van der Waals surface area contributed by atoms with Crippen molar-refractivity contribution in [3.05, 3.63) is 65.0 Å². The third kappa shape index (κ3) is 4.65. The molecule has 0 bridgehead atoms. The molecule has 0 aliphatic heterocycles. The predicted molar refractivity (Wildman–Crippen MR) is 92.2 cm³/mol. The number of carbonyl (C=O) groups excluding carboxylic acids is 2. The summed E-state index contributed by atoms with van der Waals surface area (Å²) >= 11 is 0. The second-order valence-electron chi connectivity index (χ2n) is 5.98. The number of carbonyl (C=O) groups is 2. The van der Waals surface area contributed by atoms with Crippen molar-refractivity contribution in [2.45, 2.75) is 27.3 Å². The quantitative estimate of drug-likeness (QED) is 0.880. The van der Waals surface area contributed by atoms with Crippen LogP contribution in [0.5, 0.6) is 0 Å². The first-order valence-electron chi connectivity index (χ1n) is 7.81. The highest BCUT2D eigenvalue weighted by Crippen LogP contribution is 2.13. The maximum absolute atomic E-state index is 13.3. The van der Waals surface area contributed by atoms with Crippen molar-refractivity contribution in [3.63, 3.8) is 0 Å². The standard InChI is InChI=1S/C19H21FN2O2/c1-12(2)18(23)22-16-8-5-14(6-9-16)11-21-19(24)17-10-15(20)7-4-13(17)3/h4-10,12H,11H2,1-3H3,(H,21,24)(H,22,23). The van der Waals surface area contributed by atoms with E-state index >= 15 is 0 Å². The fourth-order valence-electron chi connectivity index (χ4n) is 2.11. The topological polar surface area (TPSA) is 58.2 Å². The van der Waals surface area contributed by atoms with Gasteiger partial charge in [0.1, 0.15) is 5.82 Å². The first kappa shape index (κ1) is 17.7. The number of nitrogens with one attached hydrogen (secondary N) is 2. The third-order valence-corrected chi connectivity index (χ3v) is 3.64. The van der Waals surface area contributed by atoms with E-state index in [0.29, 0.717) is 17.8 Å². The van der Waals surface area contributed by atoms with Crippen LogP contribution in [0.25, 0.3) is 0 Å². The highest BCUT2D eigenvalue weighted by atomic mass is 19.1. The molecule has 0 heterocycles. The molecular formula is C19H21FN2O2. The Morgan fingerprint density at radius 1 is 1.08 bits per heavy atom. The number of amides is 2. The minimum Gasteiger partial charge on any atom is -0.348 e. The summed E-state index contributed by atoms with van der Waals surface area (Å²) in [5.41, 5.74) is 2.65. The first-order valence-corrected chi connectivity index (χ1v) is 7.81. The van der Waals surface area contributed by atoms with Gasteiger partial charge in [0, 0.05) is 23.7 Å². The van der Waals surface area contributed by atoms with Gasteiger partial charge < -0.3 is 10.6 Å². The summed E-state index contributed by atoms with van der Waals surface area (Å²) in [4.78, 5) is 23.8. The molecule has 0 atom stereocenters. The van der Waals surface area contributed by atoms with Gasteiger partial charge in [0.2, 0.25) is 5.91 Å². The molecule has 24 heavy (non-hydrogen) atoms. The molecule has 0 radical (unpaired) electrons. The normalized spacial score (nSPS) is 10.5. The predicted octanol–water partition coefficient (Wildman–Crippen LogP) is 3.66. The average molecular weight is 328 g/mol. The maximum atomic E-state index is 13.3. The summed E-state index contributed by atoms with van der Waals surface area (Å²) in [5.74, 6) is -0.878. The number of hydrogen-bond donors (Lipinski definition) is 2. The summed E-state index contributed by atoms with van der Waals surface area (Å²) in [6.07, 6.45) is 0. The minimum atomic E-state index is -0.434. The van der Waals surface area contributed by atoms with E-state index in [0.717, 1.165) is 11.1 Å². The Bertz CT molecular complexity index is 740. The van der Waals surface area contributed by atoms with Crippen molar-refractivity contribution in [2.75, 3.05) is 5.32 Å². The molecule has 0 aliphatic carbocycles. The van der Waals surface area contributed by atoms with Crippen molar-refractivity contribution in [1.29, 1.82) is 0 Å². The van der Waals surface area contributed by atoms with Crippen molar-refractivity contribution < 1.29 is 14.0 Å². The SMILES string of the molecule is Cc1ccc(F)cc1C(=O)NCc1ccc(NC(=O)C(C)C)cc1. The summed E-state index contributed by atoms with van der Waals surface area (Å²) in [5, 5.41) is 5.57. The molecule has 0 aromatic heterocycles. The molecule has 2 rings (SSSR count). The van der Waals surface area contributed by atoms with E-state index in [1.807, 2.05) is 26.0 Å². The Kier molecular flexibility index (Phi) is 5.68. The van der Waals surface area contributed by atoms with E-state index in [-0.39, 0.29) is 17.7 Å². The maximum Gasteiger partial charge on any atom is 0.251 e. The van der Waals surface area contributed by atoms with Gasteiger partial charge in [-0.05, 0) is 42.3 Å². The van der Waals surface area contributed by atoms with E-state index in [1.54, 1.807) is 25.1 Å². The molecule has 0 fully saturated rings. The molecule has 2 amide bonds. The van der Waals surface area contributed by atoms with Crippen LogP contribution in [0.15, 0.2) is 42.5 Å². The number of halogens is 1. The molecule has 0 spiro atoms. The lowest BCUT2D eigenvalue weighted by atomic mass is 10.1. The lowest BCUT2D eigenvalue weighted by Crippen LogP contribution is -2.23. The van der Waals surface area contributed by atoms with E-state index in [1.165, 1.54) is 12.1 Å². The average Bonchev–Trinajstić information content (AvgIpc) is 2.56. The van der Waals surface area contributed by atoms with Crippen LogP contribution in [-0.4, -0.2) is 11.8 Å². The van der Waals surface area contributed by atoms with Crippen LogP contribution in [0.4, 0.5) is 10.1 Å². The Morgan fingerprint density at radius 2 is 1.75 bits per heavy atom. The van der Waals surface area contributed by atoms with Gasteiger partial charge in [-0.25, -0.2) is 4.39 Å². The molecule has 2 N–H and O–H groups in total. The first-order chi connectivity index (χ1) is 11.4. The van der Waals surface area contributed by atoms with E-state index in [9.17, 15) is 14.0 Å². The van der Waals surface area contributed by atoms with Crippen LogP contribution in [0.3, 0.4) is 0 Å². The summed E-state index contributed by atoms with van der Waals surface area (Å²) in [6.45, 7) is 5.75. The Labute approximate surface area is 141 Å². The molecule has 4 nitrogen and oxygen atoms in total. The lowest BCUT2D eigenvalue weighted by molar-refractivity contribution is -0.118. The van der Waals surface area contributed by atoms with Gasteiger partial charge in [0.15, 0.2) is 0 Å². The highest BCUT2D eigenvalue weighted by molar-refractivity contribution is 5.95. The van der Waals surface area contributed by atoms with Gasteiger partial charge in [-0.2, -0.15) is 0 Å². The number of benzene rings is 2. The van der Waals surface area contributed by atoms with Crippen molar-refractivity contribution in [2.24, 2.45) is 5.92 Å². The molecule has 126 valence electrons. The second kappa shape index (κ2) is 7.73. The fraction of sp³-hybridized carbons (Fsp3) is 0.263. The largest absolute Gasteiger partial charge is 0.348 e. The Hall–Kier alpha value is -2.69. The van der Waals surface area contributed by atoms with Gasteiger partial charge in [-0.1, -0.05) is 32.0 Å². The number of aryl methyl sites for hydroxylation is 1. The molecule has 5 heteroatoms. The van der Waals surface area contributed by atoms with Crippen LogP contribution in [0, 0.1) is 18.7 Å². The zero-order chi connectivity index (χ0) is 17.7. The van der Waals surface area contributed by atoms with Crippen LogP contribution < -0.4 is 10.6 Å². The Balaban J connectivity index is 1.96. The summed E-state index contributed by atoms with van der Waals surface area (Å²) < 4.78 is 13.3. The van der Waals surface area contributed by atoms with Crippen LogP contribution in [0.2, 0.25) is 0 Å². The van der Waals surface area contributed by atoms with Gasteiger partial charge in [-0.15, -0.1) is 0 Å². The van der Waals surface area contributed by atoms with E-state index < -0.39 is 5.82 Å². The van der Waals surface area contributed by atoms with Gasteiger partial charge >= 0.3 is 0 Å². The fourth-order valence-corrected chi connectivity index (χ4v) is 2.11. The zero-order valence-corrected chi connectivity index (χ0v) is 14.0. The monoisotopic (exact) mass is 328 g/mol. The summed E-state index contributed by atoms with van der Waals surface area (Å²) in [7, 11) is 0. The Morgan fingerprint density at radius 3 is 2.38 bits per heavy atom. The van der Waals surface area contributed by atoms with Crippen molar-refractivity contribution in [3.8, 4) is 0 Å². The molecule has 2 aromatic carbocycles. The molecule has 0 aliphatic rings. The van der Waals surface area contributed by atoms with Gasteiger partial charge in [0.05, 0.1) is 0 Å². The van der Waals surface area contributed by atoms with E-state index in [2.05, 4.69) is 10.6 Å². The number of rotatable bonds is 5. The second-order valence-corrected chi connectivity index (χ2v) is 5.98. The lowest BCUT2D eigenvalue weighted by Gasteiger charge is -2.10. The van der Waals surface area contributed by atoms with Crippen LogP contribution >= 0.6 is 0 Å². The van der Waals surface area contributed by atoms with Crippen LogP contribution in [-0.2, 0) is 11.3 Å². The molecular weight excluding hydrogens is 307 g/mol. The molecule has 0 unspecified atom stereocenters. The number of anilines is 1. The van der Waals surface area contributed by atoms with Crippen molar-refractivity contribution in [1.82, 2.24) is 5.32 Å². The zero-order valence-electron chi connectivity index (χ0n) is 14.0. The van der Waals surface area contributed by atoms with Gasteiger partial charge in [-0.3, -0.25) is 9.59 Å². The third-order valence-electron chi connectivity index (χ3n) is 3.64.